The van der Waals surface area contributed by atoms with Gasteiger partial charge in [0.2, 0.25) is 0 Å². The number of carbonyl (C=O) groups is 1. The molecule has 2 aromatic heterocycles. The Morgan fingerprint density at radius 3 is 2.80 bits per heavy atom. The number of pyridine rings is 2. The minimum absolute atomic E-state index is 0.0589. The summed E-state index contributed by atoms with van der Waals surface area (Å²) < 4.78 is 6.51. The normalized spacial score (nSPS) is 13.1. The monoisotopic (exact) mass is 270 g/mol. The molecule has 0 radical (unpaired) electrons. The lowest BCUT2D eigenvalue weighted by atomic mass is 10.0. The van der Waals surface area contributed by atoms with E-state index in [4.69, 9.17) is 4.74 Å². The summed E-state index contributed by atoms with van der Waals surface area (Å²) in [4.78, 5) is 28.4. The molecule has 0 fully saturated rings. The number of ether oxygens (including phenoxy) is 1. The molecule has 1 aliphatic heterocycles. The maximum Gasteiger partial charge on any atom is 0.339 e. The minimum Gasteiger partial charge on any atom is -0.465 e. The van der Waals surface area contributed by atoms with Crippen molar-refractivity contribution in [1.29, 1.82) is 0 Å². The Balaban J connectivity index is 2.27. The number of carbonyl (C=O) groups excluding carboxylic acids is 1. The number of methoxy groups -OCH3 is 1. The zero-order valence-electron chi connectivity index (χ0n) is 11.1. The molecular weight excluding hydrogens is 256 g/mol. The first-order valence-electron chi connectivity index (χ1n) is 6.48. The molecule has 0 saturated heterocycles. The van der Waals surface area contributed by atoms with E-state index in [-0.39, 0.29) is 5.56 Å². The molecule has 0 saturated carbocycles. The smallest absolute Gasteiger partial charge is 0.339 e. The fourth-order valence-electron chi connectivity index (χ4n) is 2.64. The van der Waals surface area contributed by atoms with E-state index in [0.29, 0.717) is 17.7 Å². The number of hydrogen-bond acceptors (Lipinski definition) is 4. The second-order valence-electron chi connectivity index (χ2n) is 4.71. The summed E-state index contributed by atoms with van der Waals surface area (Å²) in [5.74, 6) is -0.397. The van der Waals surface area contributed by atoms with Gasteiger partial charge in [-0.15, -0.1) is 0 Å². The van der Waals surface area contributed by atoms with Crippen LogP contribution in [0.25, 0.3) is 11.1 Å². The van der Waals surface area contributed by atoms with Gasteiger partial charge in [0.25, 0.3) is 5.56 Å². The van der Waals surface area contributed by atoms with E-state index in [9.17, 15) is 9.59 Å². The molecule has 0 atom stereocenters. The first-order valence-corrected chi connectivity index (χ1v) is 6.48. The predicted molar refractivity (Wildman–Crippen MR) is 73.6 cm³/mol. The zero-order chi connectivity index (χ0) is 14.1. The molecule has 102 valence electrons. The van der Waals surface area contributed by atoms with Gasteiger partial charge in [0.15, 0.2) is 0 Å². The molecule has 20 heavy (non-hydrogen) atoms. The molecule has 0 amide bonds. The molecule has 3 rings (SSSR count). The zero-order valence-corrected chi connectivity index (χ0v) is 11.1. The van der Waals surface area contributed by atoms with Crippen LogP contribution in [0.5, 0.6) is 0 Å². The Bertz CT molecular complexity index is 720. The van der Waals surface area contributed by atoms with E-state index < -0.39 is 5.97 Å². The van der Waals surface area contributed by atoms with Crippen LogP contribution in [0.1, 0.15) is 22.5 Å². The molecule has 0 aromatic carbocycles. The van der Waals surface area contributed by atoms with E-state index in [1.54, 1.807) is 35.2 Å². The number of aromatic nitrogens is 2. The van der Waals surface area contributed by atoms with Gasteiger partial charge < -0.3 is 9.30 Å². The Morgan fingerprint density at radius 2 is 2.10 bits per heavy atom. The van der Waals surface area contributed by atoms with Crippen molar-refractivity contribution in [3.63, 3.8) is 0 Å². The van der Waals surface area contributed by atoms with Crippen molar-refractivity contribution in [3.8, 4) is 11.1 Å². The van der Waals surface area contributed by atoms with Gasteiger partial charge >= 0.3 is 5.97 Å². The van der Waals surface area contributed by atoms with Crippen molar-refractivity contribution in [2.75, 3.05) is 7.11 Å². The molecule has 0 unspecified atom stereocenters. The molecule has 1 aliphatic rings. The second-order valence-corrected chi connectivity index (χ2v) is 4.71. The number of fused-ring (bicyclic) bond motifs is 1. The van der Waals surface area contributed by atoms with Crippen molar-refractivity contribution >= 4 is 5.97 Å². The number of hydrogen-bond donors (Lipinski definition) is 0. The molecule has 0 aliphatic carbocycles. The summed E-state index contributed by atoms with van der Waals surface area (Å²) in [6.07, 6.45) is 4.87. The van der Waals surface area contributed by atoms with Crippen LogP contribution >= 0.6 is 0 Å². The van der Waals surface area contributed by atoms with Crippen molar-refractivity contribution in [2.45, 2.75) is 19.4 Å². The topological polar surface area (TPSA) is 61.2 Å². The third-order valence-electron chi connectivity index (χ3n) is 3.59. The Hall–Kier alpha value is -2.43. The lowest BCUT2D eigenvalue weighted by Crippen LogP contribution is -2.24. The number of nitrogens with zero attached hydrogens (tertiary/aromatic N) is 2. The van der Waals surface area contributed by atoms with Gasteiger partial charge in [-0.1, -0.05) is 0 Å². The SMILES string of the molecule is COC(=O)c1cc(-c2ccncc2)c(=O)n2c1CCC2. The van der Waals surface area contributed by atoms with Crippen LogP contribution in [0.4, 0.5) is 0 Å². The average Bonchev–Trinajstić information content (AvgIpc) is 2.98. The standard InChI is InChI=1S/C15H14N2O3/c1-20-15(19)12-9-11(10-4-6-16-7-5-10)14(18)17-8-2-3-13(12)17/h4-7,9H,2-3,8H2,1H3. The fourth-order valence-corrected chi connectivity index (χ4v) is 2.64. The highest BCUT2D eigenvalue weighted by Crippen LogP contribution is 2.23. The molecular formula is C15H14N2O3. The van der Waals surface area contributed by atoms with Crippen LogP contribution in [-0.2, 0) is 17.7 Å². The number of esters is 1. The highest BCUT2D eigenvalue weighted by molar-refractivity contribution is 5.92. The van der Waals surface area contributed by atoms with E-state index in [1.165, 1.54) is 7.11 Å². The van der Waals surface area contributed by atoms with E-state index >= 15 is 0 Å². The van der Waals surface area contributed by atoms with Gasteiger partial charge in [0.05, 0.1) is 12.7 Å². The van der Waals surface area contributed by atoms with Gasteiger partial charge in [0.1, 0.15) is 0 Å². The largest absolute Gasteiger partial charge is 0.465 e. The van der Waals surface area contributed by atoms with Crippen molar-refractivity contribution < 1.29 is 9.53 Å². The molecule has 2 aromatic rings. The minimum atomic E-state index is -0.397. The van der Waals surface area contributed by atoms with Gasteiger partial charge in [-0.25, -0.2) is 4.79 Å². The third kappa shape index (κ3) is 1.91. The first-order chi connectivity index (χ1) is 9.72. The predicted octanol–water partition coefficient (Wildman–Crippen LogP) is 1.64. The summed E-state index contributed by atoms with van der Waals surface area (Å²) in [5, 5.41) is 0. The van der Waals surface area contributed by atoms with Gasteiger partial charge in [0, 0.05) is 30.2 Å². The van der Waals surface area contributed by atoms with Gasteiger partial charge in [-0.2, -0.15) is 0 Å². The lowest BCUT2D eigenvalue weighted by Gasteiger charge is -2.11. The summed E-state index contributed by atoms with van der Waals surface area (Å²) in [7, 11) is 1.35. The van der Waals surface area contributed by atoms with Crippen LogP contribution in [0.2, 0.25) is 0 Å². The summed E-state index contributed by atoms with van der Waals surface area (Å²) >= 11 is 0. The number of rotatable bonds is 2. The molecule has 0 spiro atoms. The maximum atomic E-state index is 12.5. The molecule has 5 heteroatoms. The Kier molecular flexibility index (Phi) is 3.10. The van der Waals surface area contributed by atoms with Crippen LogP contribution in [-0.4, -0.2) is 22.6 Å². The maximum absolute atomic E-state index is 12.5. The highest BCUT2D eigenvalue weighted by atomic mass is 16.5. The van der Waals surface area contributed by atoms with E-state index in [2.05, 4.69) is 4.98 Å². The van der Waals surface area contributed by atoms with E-state index in [0.717, 1.165) is 24.1 Å². The highest BCUT2D eigenvalue weighted by Gasteiger charge is 2.23. The van der Waals surface area contributed by atoms with Crippen LogP contribution in [0.3, 0.4) is 0 Å². The Morgan fingerprint density at radius 1 is 1.35 bits per heavy atom. The van der Waals surface area contributed by atoms with Gasteiger partial charge in [-0.05, 0) is 36.6 Å². The summed E-state index contributed by atoms with van der Waals surface area (Å²) in [5.41, 5.74) is 2.48. The van der Waals surface area contributed by atoms with E-state index in [1.807, 2.05) is 0 Å². The Labute approximate surface area is 115 Å². The molecule has 0 N–H and O–H groups in total. The second kappa shape index (κ2) is 4.92. The average molecular weight is 270 g/mol. The summed E-state index contributed by atoms with van der Waals surface area (Å²) in [6, 6.07) is 5.17. The first kappa shape index (κ1) is 12.6. The van der Waals surface area contributed by atoms with Gasteiger partial charge in [-0.3, -0.25) is 9.78 Å². The molecule has 3 heterocycles. The van der Waals surface area contributed by atoms with Crippen molar-refractivity contribution in [3.05, 3.63) is 52.2 Å². The van der Waals surface area contributed by atoms with Crippen molar-refractivity contribution in [2.24, 2.45) is 0 Å². The van der Waals surface area contributed by atoms with Crippen LogP contribution in [0.15, 0.2) is 35.4 Å². The lowest BCUT2D eigenvalue weighted by molar-refractivity contribution is 0.0598. The molecule has 0 bridgehead atoms. The summed E-state index contributed by atoms with van der Waals surface area (Å²) in [6.45, 7) is 0.650. The third-order valence-corrected chi connectivity index (χ3v) is 3.59. The quantitative estimate of drug-likeness (QED) is 0.778. The molecule has 5 nitrogen and oxygen atoms in total. The fraction of sp³-hybridized carbons (Fsp3) is 0.267. The van der Waals surface area contributed by atoms with Crippen LogP contribution in [0, 0.1) is 0 Å². The van der Waals surface area contributed by atoms with Crippen molar-refractivity contribution in [1.82, 2.24) is 9.55 Å². The van der Waals surface area contributed by atoms with Crippen LogP contribution < -0.4 is 5.56 Å².